The first-order valence-corrected chi connectivity index (χ1v) is 8.43. The second kappa shape index (κ2) is 8.07. The smallest absolute Gasteiger partial charge is 0.352 e. The number of nitrogens with zero attached hydrogens (tertiary/aromatic N) is 2. The Kier molecular flexibility index (Phi) is 5.59. The van der Waals surface area contributed by atoms with E-state index in [1.807, 2.05) is 41.1 Å². The monoisotopic (exact) mass is 373 g/mol. The van der Waals surface area contributed by atoms with E-state index in [2.05, 4.69) is 10.3 Å². The van der Waals surface area contributed by atoms with Crippen LogP contribution in [0.15, 0.2) is 67.0 Å². The fraction of sp³-hybridized carbons (Fsp3) is 0.200. The number of carbonyl (C=O) groups is 1. The van der Waals surface area contributed by atoms with Gasteiger partial charge in [-0.05, 0) is 17.7 Å². The van der Waals surface area contributed by atoms with Gasteiger partial charge in [-0.1, -0.05) is 42.5 Å². The number of rotatable bonds is 6. The fourth-order valence-corrected chi connectivity index (χ4v) is 2.80. The Hall–Kier alpha value is -3.09. The molecule has 1 heterocycles. The SMILES string of the molecule is O=C(NCCc1nccn1Cc1ccccc1)c1ccccc1C(F)(F)F. The van der Waals surface area contributed by atoms with Crippen molar-refractivity contribution in [3.63, 3.8) is 0 Å². The van der Waals surface area contributed by atoms with Gasteiger partial charge < -0.3 is 9.88 Å². The third kappa shape index (κ3) is 4.75. The molecule has 140 valence electrons. The minimum absolute atomic E-state index is 0.191. The van der Waals surface area contributed by atoms with Gasteiger partial charge in [-0.3, -0.25) is 4.79 Å². The van der Waals surface area contributed by atoms with Gasteiger partial charge >= 0.3 is 6.18 Å². The molecule has 3 rings (SSSR count). The highest BCUT2D eigenvalue weighted by atomic mass is 19.4. The number of halogens is 3. The van der Waals surface area contributed by atoms with Gasteiger partial charge in [0.25, 0.3) is 5.91 Å². The predicted molar refractivity (Wildman–Crippen MR) is 95.3 cm³/mol. The molecule has 1 amide bonds. The summed E-state index contributed by atoms with van der Waals surface area (Å²) in [5.74, 6) is 0.00681. The van der Waals surface area contributed by atoms with Crippen LogP contribution in [0, 0.1) is 0 Å². The van der Waals surface area contributed by atoms with Crippen molar-refractivity contribution in [2.45, 2.75) is 19.1 Å². The zero-order chi connectivity index (χ0) is 19.3. The molecule has 4 nitrogen and oxygen atoms in total. The van der Waals surface area contributed by atoms with E-state index >= 15 is 0 Å². The van der Waals surface area contributed by atoms with Crippen molar-refractivity contribution >= 4 is 5.91 Å². The van der Waals surface area contributed by atoms with Crippen LogP contribution >= 0.6 is 0 Å². The minimum Gasteiger partial charge on any atom is -0.352 e. The molecule has 0 saturated carbocycles. The van der Waals surface area contributed by atoms with Crippen molar-refractivity contribution in [2.24, 2.45) is 0 Å². The van der Waals surface area contributed by atoms with E-state index < -0.39 is 17.6 Å². The molecular weight excluding hydrogens is 355 g/mol. The van der Waals surface area contributed by atoms with Crippen molar-refractivity contribution in [3.8, 4) is 0 Å². The molecule has 7 heteroatoms. The second-order valence-corrected chi connectivity index (χ2v) is 6.01. The van der Waals surface area contributed by atoms with Crippen LogP contribution in [0.5, 0.6) is 0 Å². The maximum Gasteiger partial charge on any atom is 0.417 e. The Labute approximate surface area is 154 Å². The second-order valence-electron chi connectivity index (χ2n) is 6.01. The van der Waals surface area contributed by atoms with Gasteiger partial charge in [0.1, 0.15) is 5.82 Å². The number of alkyl halides is 3. The number of aromatic nitrogens is 2. The zero-order valence-electron chi connectivity index (χ0n) is 14.4. The van der Waals surface area contributed by atoms with Gasteiger partial charge in [-0.15, -0.1) is 0 Å². The summed E-state index contributed by atoms with van der Waals surface area (Å²) >= 11 is 0. The van der Waals surface area contributed by atoms with E-state index in [-0.39, 0.29) is 12.1 Å². The lowest BCUT2D eigenvalue weighted by Gasteiger charge is -2.13. The molecule has 0 fully saturated rings. The van der Waals surface area contributed by atoms with Gasteiger partial charge in [-0.25, -0.2) is 4.98 Å². The summed E-state index contributed by atoms with van der Waals surface area (Å²) in [6, 6.07) is 14.6. The number of nitrogens with one attached hydrogen (secondary N) is 1. The largest absolute Gasteiger partial charge is 0.417 e. The molecule has 0 atom stereocenters. The Morgan fingerprint density at radius 3 is 2.48 bits per heavy atom. The zero-order valence-corrected chi connectivity index (χ0v) is 14.4. The van der Waals surface area contributed by atoms with Gasteiger partial charge in [0.2, 0.25) is 0 Å². The van der Waals surface area contributed by atoms with Crippen molar-refractivity contribution in [2.75, 3.05) is 6.54 Å². The van der Waals surface area contributed by atoms with Crippen LogP contribution in [0.25, 0.3) is 0 Å². The number of hydrogen-bond acceptors (Lipinski definition) is 2. The molecule has 0 saturated heterocycles. The molecule has 1 N–H and O–H groups in total. The molecule has 3 aromatic rings. The van der Waals surface area contributed by atoms with Gasteiger partial charge in [0, 0.05) is 31.9 Å². The summed E-state index contributed by atoms with van der Waals surface area (Å²) < 4.78 is 41.0. The van der Waals surface area contributed by atoms with E-state index in [0.717, 1.165) is 17.5 Å². The molecule has 0 spiro atoms. The third-order valence-electron chi connectivity index (χ3n) is 4.11. The highest BCUT2D eigenvalue weighted by Crippen LogP contribution is 2.31. The van der Waals surface area contributed by atoms with Crippen LogP contribution in [-0.4, -0.2) is 22.0 Å². The highest BCUT2D eigenvalue weighted by Gasteiger charge is 2.34. The van der Waals surface area contributed by atoms with Crippen LogP contribution in [0.1, 0.15) is 27.3 Å². The Morgan fingerprint density at radius 1 is 1.04 bits per heavy atom. The number of imidazole rings is 1. The lowest BCUT2D eigenvalue weighted by molar-refractivity contribution is -0.137. The van der Waals surface area contributed by atoms with Gasteiger partial charge in [0.05, 0.1) is 11.1 Å². The first kappa shape index (κ1) is 18.7. The number of carbonyl (C=O) groups excluding carboxylic acids is 1. The average molecular weight is 373 g/mol. The maximum absolute atomic E-state index is 13.0. The van der Waals surface area contributed by atoms with Crippen LogP contribution in [0.3, 0.4) is 0 Å². The molecule has 0 unspecified atom stereocenters. The van der Waals surface area contributed by atoms with E-state index in [9.17, 15) is 18.0 Å². The molecule has 2 aromatic carbocycles. The Morgan fingerprint density at radius 2 is 1.74 bits per heavy atom. The van der Waals surface area contributed by atoms with Crippen molar-refractivity contribution in [1.29, 1.82) is 0 Å². The molecule has 0 aliphatic heterocycles. The quantitative estimate of drug-likeness (QED) is 0.712. The van der Waals surface area contributed by atoms with Crippen molar-refractivity contribution in [1.82, 2.24) is 14.9 Å². The normalized spacial score (nSPS) is 11.4. The van der Waals surface area contributed by atoms with E-state index in [4.69, 9.17) is 0 Å². The molecule has 0 aliphatic carbocycles. The first-order chi connectivity index (χ1) is 12.9. The topological polar surface area (TPSA) is 46.9 Å². The van der Waals surface area contributed by atoms with Crippen LogP contribution in [0.2, 0.25) is 0 Å². The molecule has 0 radical (unpaired) electrons. The Balaban J connectivity index is 1.62. The molecule has 27 heavy (non-hydrogen) atoms. The van der Waals surface area contributed by atoms with Crippen LogP contribution < -0.4 is 5.32 Å². The number of benzene rings is 2. The van der Waals surface area contributed by atoms with Crippen LogP contribution in [0.4, 0.5) is 13.2 Å². The summed E-state index contributed by atoms with van der Waals surface area (Å²) in [5.41, 5.74) is -0.203. The fourth-order valence-electron chi connectivity index (χ4n) is 2.80. The lowest BCUT2D eigenvalue weighted by Crippen LogP contribution is -2.28. The molecule has 0 bridgehead atoms. The van der Waals surface area contributed by atoms with Crippen molar-refractivity contribution in [3.05, 3.63) is 89.5 Å². The highest BCUT2D eigenvalue weighted by molar-refractivity contribution is 5.95. The van der Waals surface area contributed by atoms with Crippen molar-refractivity contribution < 1.29 is 18.0 Å². The number of hydrogen-bond donors (Lipinski definition) is 1. The van der Waals surface area contributed by atoms with E-state index in [1.165, 1.54) is 18.2 Å². The molecule has 1 aromatic heterocycles. The van der Waals surface area contributed by atoms with E-state index in [0.29, 0.717) is 13.0 Å². The third-order valence-corrected chi connectivity index (χ3v) is 4.11. The first-order valence-electron chi connectivity index (χ1n) is 8.43. The van der Waals surface area contributed by atoms with E-state index in [1.54, 1.807) is 6.20 Å². The molecule has 0 aliphatic rings. The van der Waals surface area contributed by atoms with Crippen LogP contribution in [-0.2, 0) is 19.1 Å². The maximum atomic E-state index is 13.0. The van der Waals surface area contributed by atoms with Gasteiger partial charge in [-0.2, -0.15) is 13.2 Å². The standard InChI is InChI=1S/C20H18F3N3O/c21-20(22,23)17-9-5-4-8-16(17)19(27)25-11-10-18-24-12-13-26(18)14-15-6-2-1-3-7-15/h1-9,12-13H,10-11,14H2,(H,25,27). The summed E-state index contributed by atoms with van der Waals surface area (Å²) in [4.78, 5) is 16.4. The summed E-state index contributed by atoms with van der Waals surface area (Å²) in [6.07, 6.45) is -0.651. The number of amides is 1. The lowest BCUT2D eigenvalue weighted by atomic mass is 10.1. The summed E-state index contributed by atoms with van der Waals surface area (Å²) in [5, 5.41) is 2.55. The predicted octanol–water partition coefficient (Wildman–Crippen LogP) is 3.92. The Bertz CT molecular complexity index is 904. The summed E-state index contributed by atoms with van der Waals surface area (Å²) in [6.45, 7) is 0.831. The molecular formula is C20H18F3N3O. The van der Waals surface area contributed by atoms with Gasteiger partial charge in [0.15, 0.2) is 0 Å². The summed E-state index contributed by atoms with van der Waals surface area (Å²) in [7, 11) is 0. The average Bonchev–Trinajstić information content (AvgIpc) is 3.09. The minimum atomic E-state index is -4.57.